The van der Waals surface area contributed by atoms with E-state index in [0.29, 0.717) is 36.0 Å². The van der Waals surface area contributed by atoms with Gasteiger partial charge in [0.05, 0.1) is 40.4 Å². The Morgan fingerprint density at radius 1 is 1.07 bits per heavy atom. The fourth-order valence-electron chi connectivity index (χ4n) is 3.89. The zero-order valence-corrected chi connectivity index (χ0v) is 17.4. The van der Waals surface area contributed by atoms with Crippen LogP contribution in [-0.4, -0.2) is 46.1 Å². The van der Waals surface area contributed by atoms with E-state index < -0.39 is 23.2 Å². The molecule has 0 spiro atoms. The molecule has 2 aromatic carbocycles. The number of nitrogens with zero attached hydrogens (tertiary/aromatic N) is 2. The molecule has 2 aromatic rings. The summed E-state index contributed by atoms with van der Waals surface area (Å²) in [7, 11) is 0. The van der Waals surface area contributed by atoms with Crippen LogP contribution >= 0.6 is 23.2 Å². The number of hydrogen-bond donors (Lipinski definition) is 1. The smallest absolute Gasteiger partial charge is 0.307 e. The summed E-state index contributed by atoms with van der Waals surface area (Å²) in [5.74, 6) is -1.21. The van der Waals surface area contributed by atoms with Crippen molar-refractivity contribution in [2.75, 3.05) is 31.1 Å². The molecule has 28 heavy (non-hydrogen) atoms. The van der Waals surface area contributed by atoms with Crippen molar-refractivity contribution < 1.29 is 14.5 Å². The molecule has 1 N–H and O–H groups in total. The minimum Gasteiger partial charge on any atom is -0.593 e. The van der Waals surface area contributed by atoms with Crippen molar-refractivity contribution in [2.45, 2.75) is 17.7 Å². The zero-order chi connectivity index (χ0) is 19.8. The molecule has 1 fully saturated rings. The standard InChI is InChI=1S/C20H20Cl2N2O3S/c21-17-5-4-15(12-18(17)22)23-6-8-24(9-7-23)28(27)19-3-1-2-13-10-14(20(25)26)11-16(13)19/h1-5,12,14H,6-11H2,(H,25,26). The van der Waals surface area contributed by atoms with E-state index in [0.717, 1.165) is 34.8 Å². The van der Waals surface area contributed by atoms with Gasteiger partial charge >= 0.3 is 5.97 Å². The molecule has 1 saturated heterocycles. The fourth-order valence-corrected chi connectivity index (χ4v) is 5.57. The Morgan fingerprint density at radius 2 is 1.82 bits per heavy atom. The maximum Gasteiger partial charge on any atom is 0.307 e. The van der Waals surface area contributed by atoms with Gasteiger partial charge in [0.25, 0.3) is 0 Å². The highest BCUT2D eigenvalue weighted by Crippen LogP contribution is 2.34. The predicted octanol–water partition coefficient (Wildman–Crippen LogP) is 3.64. The Bertz CT molecular complexity index is 903. The summed E-state index contributed by atoms with van der Waals surface area (Å²) in [5.41, 5.74) is 2.96. The molecule has 5 nitrogen and oxygen atoms in total. The lowest BCUT2D eigenvalue weighted by atomic mass is 10.1. The number of piperazine rings is 1. The number of hydrogen-bond acceptors (Lipinski definition) is 4. The van der Waals surface area contributed by atoms with Crippen LogP contribution in [0.15, 0.2) is 41.3 Å². The third-order valence-corrected chi connectivity index (χ3v) is 7.76. The van der Waals surface area contributed by atoms with Crippen LogP contribution in [0.25, 0.3) is 0 Å². The summed E-state index contributed by atoms with van der Waals surface area (Å²) in [6.07, 6.45) is 0.969. The Morgan fingerprint density at radius 3 is 2.50 bits per heavy atom. The maximum absolute atomic E-state index is 13.2. The van der Waals surface area contributed by atoms with E-state index in [1.54, 1.807) is 6.07 Å². The van der Waals surface area contributed by atoms with E-state index >= 15 is 0 Å². The van der Waals surface area contributed by atoms with Crippen molar-refractivity contribution in [3.05, 3.63) is 57.6 Å². The summed E-state index contributed by atoms with van der Waals surface area (Å²) in [5, 5.41) is 10.4. The third-order valence-electron chi connectivity index (χ3n) is 5.43. The molecule has 0 bridgehead atoms. The fraction of sp³-hybridized carbons (Fsp3) is 0.350. The SMILES string of the molecule is O=C(O)C1Cc2cccc([S+]([O-])N3CCN(c4ccc(Cl)c(Cl)c4)CC3)c2C1. The monoisotopic (exact) mass is 438 g/mol. The van der Waals surface area contributed by atoms with Gasteiger partial charge in [-0.1, -0.05) is 35.3 Å². The molecule has 1 aliphatic heterocycles. The van der Waals surface area contributed by atoms with Crippen LogP contribution in [-0.2, 0) is 29.0 Å². The van der Waals surface area contributed by atoms with Crippen LogP contribution in [0.5, 0.6) is 0 Å². The molecule has 2 aliphatic rings. The molecule has 0 radical (unpaired) electrons. The van der Waals surface area contributed by atoms with E-state index in [-0.39, 0.29) is 0 Å². The highest BCUT2D eigenvalue weighted by molar-refractivity contribution is 7.89. The lowest BCUT2D eigenvalue weighted by Crippen LogP contribution is -2.48. The van der Waals surface area contributed by atoms with Gasteiger partial charge in [0.2, 0.25) is 0 Å². The molecule has 0 aromatic heterocycles. The summed E-state index contributed by atoms with van der Waals surface area (Å²) >= 11 is 10.8. The van der Waals surface area contributed by atoms with Crippen LogP contribution in [0.3, 0.4) is 0 Å². The number of rotatable bonds is 4. The number of fused-ring (bicyclic) bond motifs is 1. The number of anilines is 1. The van der Waals surface area contributed by atoms with Crippen LogP contribution in [0, 0.1) is 5.92 Å². The Labute approximate surface area is 177 Å². The van der Waals surface area contributed by atoms with Gasteiger partial charge in [-0.2, -0.15) is 0 Å². The summed E-state index contributed by atoms with van der Waals surface area (Å²) in [6, 6.07) is 11.3. The first kappa shape index (κ1) is 19.9. The number of carboxylic acids is 1. The van der Waals surface area contributed by atoms with Gasteiger partial charge in [-0.25, -0.2) is 0 Å². The third kappa shape index (κ3) is 3.84. The van der Waals surface area contributed by atoms with Gasteiger partial charge in [-0.3, -0.25) is 4.79 Å². The van der Waals surface area contributed by atoms with Crippen molar-refractivity contribution in [3.63, 3.8) is 0 Å². The van der Waals surface area contributed by atoms with Gasteiger partial charge in [0.15, 0.2) is 4.90 Å². The zero-order valence-electron chi connectivity index (χ0n) is 15.1. The van der Waals surface area contributed by atoms with Gasteiger partial charge in [-0.05, 0) is 42.7 Å². The second-order valence-electron chi connectivity index (χ2n) is 7.10. The maximum atomic E-state index is 13.2. The van der Waals surface area contributed by atoms with Gasteiger partial charge in [0, 0.05) is 24.3 Å². The molecular weight excluding hydrogens is 419 g/mol. The topological polar surface area (TPSA) is 66.8 Å². The predicted molar refractivity (Wildman–Crippen MR) is 112 cm³/mol. The Balaban J connectivity index is 1.45. The first-order valence-corrected chi connectivity index (χ1v) is 11.0. The van der Waals surface area contributed by atoms with E-state index in [1.807, 2.05) is 34.6 Å². The van der Waals surface area contributed by atoms with Gasteiger partial charge in [0.1, 0.15) is 0 Å². The second kappa shape index (κ2) is 8.13. The number of benzene rings is 2. The molecular formula is C20H20Cl2N2O3S. The number of aliphatic carboxylic acids is 1. The minimum absolute atomic E-state index is 0.417. The molecule has 0 amide bonds. The average molecular weight is 439 g/mol. The van der Waals surface area contributed by atoms with Crippen LogP contribution < -0.4 is 4.90 Å². The van der Waals surface area contributed by atoms with Crippen molar-refractivity contribution >= 4 is 46.2 Å². The van der Waals surface area contributed by atoms with Crippen molar-refractivity contribution in [1.29, 1.82) is 0 Å². The van der Waals surface area contributed by atoms with Gasteiger partial charge in [-0.15, -0.1) is 4.31 Å². The van der Waals surface area contributed by atoms with E-state index in [9.17, 15) is 14.5 Å². The minimum atomic E-state index is -1.29. The van der Waals surface area contributed by atoms with E-state index in [2.05, 4.69) is 4.90 Å². The Kier molecular flexibility index (Phi) is 5.76. The lowest BCUT2D eigenvalue weighted by Gasteiger charge is -2.35. The van der Waals surface area contributed by atoms with Gasteiger partial charge < -0.3 is 14.6 Å². The molecule has 148 valence electrons. The second-order valence-corrected chi connectivity index (χ2v) is 9.37. The van der Waals surface area contributed by atoms with Crippen LogP contribution in [0.2, 0.25) is 10.0 Å². The summed E-state index contributed by atoms with van der Waals surface area (Å²) in [6.45, 7) is 2.77. The van der Waals surface area contributed by atoms with Crippen molar-refractivity contribution in [2.24, 2.45) is 5.92 Å². The van der Waals surface area contributed by atoms with Crippen molar-refractivity contribution in [3.8, 4) is 0 Å². The van der Waals surface area contributed by atoms with Crippen molar-refractivity contribution in [1.82, 2.24) is 4.31 Å². The van der Waals surface area contributed by atoms with E-state index in [1.165, 1.54) is 0 Å². The number of carbonyl (C=O) groups is 1. The summed E-state index contributed by atoms with van der Waals surface area (Å²) < 4.78 is 15.2. The quantitative estimate of drug-likeness (QED) is 0.737. The Hall–Kier alpha value is -1.44. The number of carboxylic acid groups (broad SMARTS) is 1. The largest absolute Gasteiger partial charge is 0.593 e. The van der Waals surface area contributed by atoms with E-state index in [4.69, 9.17) is 23.2 Å². The molecule has 1 aliphatic carbocycles. The molecule has 0 saturated carbocycles. The van der Waals surface area contributed by atoms with Crippen LogP contribution in [0.4, 0.5) is 5.69 Å². The molecule has 8 heteroatoms. The highest BCUT2D eigenvalue weighted by atomic mass is 35.5. The normalized spacial score (nSPS) is 20.8. The summed E-state index contributed by atoms with van der Waals surface area (Å²) in [4.78, 5) is 14.3. The first-order valence-electron chi connectivity index (χ1n) is 9.14. The molecule has 1 heterocycles. The highest BCUT2D eigenvalue weighted by Gasteiger charge is 2.35. The molecule has 2 unspecified atom stereocenters. The van der Waals surface area contributed by atoms with Crippen LogP contribution in [0.1, 0.15) is 11.1 Å². The average Bonchev–Trinajstić information content (AvgIpc) is 3.14. The molecule has 2 atom stereocenters. The lowest BCUT2D eigenvalue weighted by molar-refractivity contribution is -0.141. The molecule has 4 rings (SSSR count). The first-order chi connectivity index (χ1) is 13.4. The number of halogens is 2.